The number of nitriles is 1. The average Bonchev–Trinajstić information content (AvgIpc) is 1.96. The van der Waals surface area contributed by atoms with Crippen LogP contribution in [0.15, 0.2) is 0 Å². The number of nitrogens with one attached hydrogen (secondary N) is 1. The van der Waals surface area contributed by atoms with Crippen molar-refractivity contribution in [1.29, 1.82) is 5.26 Å². The van der Waals surface area contributed by atoms with E-state index in [1.165, 1.54) is 11.4 Å². The van der Waals surface area contributed by atoms with Gasteiger partial charge < -0.3 is 5.32 Å². The number of carbonyl (C=O) groups is 1. The van der Waals surface area contributed by atoms with Crippen molar-refractivity contribution in [3.8, 4) is 6.07 Å². The molecule has 9 heteroatoms. The first kappa shape index (κ1) is 15.5. The highest BCUT2D eigenvalue weighted by Gasteiger charge is 2.61. The molecular formula is C8H8F6N2O. The van der Waals surface area contributed by atoms with Gasteiger partial charge in [-0.05, 0) is 6.92 Å². The molecule has 17 heavy (non-hydrogen) atoms. The summed E-state index contributed by atoms with van der Waals surface area (Å²) < 4.78 is 72.3. The summed E-state index contributed by atoms with van der Waals surface area (Å²) in [6, 6.07) is 0.428. The summed E-state index contributed by atoms with van der Waals surface area (Å²) in [5.74, 6) is -6.27. The van der Waals surface area contributed by atoms with Crippen LogP contribution in [0.3, 0.4) is 0 Å². The van der Waals surface area contributed by atoms with Crippen molar-refractivity contribution in [3.05, 3.63) is 0 Å². The summed E-state index contributed by atoms with van der Waals surface area (Å²) in [4.78, 5) is 10.9. The van der Waals surface area contributed by atoms with Crippen LogP contribution < -0.4 is 5.32 Å². The number of halogens is 6. The molecule has 1 atom stereocenters. The first-order valence-electron chi connectivity index (χ1n) is 4.31. The van der Waals surface area contributed by atoms with Gasteiger partial charge in [0.15, 0.2) is 0 Å². The van der Waals surface area contributed by atoms with E-state index < -0.39 is 30.2 Å². The SMILES string of the molecule is CC(CC#N)NC(=O)C(C(F)(F)F)C(F)(F)F. The Hall–Kier alpha value is -1.46. The molecule has 0 aromatic carbocycles. The monoisotopic (exact) mass is 262 g/mol. The van der Waals surface area contributed by atoms with Gasteiger partial charge in [-0.25, -0.2) is 0 Å². The normalized spacial score (nSPS) is 14.3. The average molecular weight is 262 g/mol. The van der Waals surface area contributed by atoms with Gasteiger partial charge in [-0.15, -0.1) is 0 Å². The van der Waals surface area contributed by atoms with Gasteiger partial charge in [-0.3, -0.25) is 4.79 Å². The van der Waals surface area contributed by atoms with Crippen molar-refractivity contribution in [2.75, 3.05) is 0 Å². The summed E-state index contributed by atoms with van der Waals surface area (Å²) in [5, 5.41) is 9.65. The van der Waals surface area contributed by atoms with Crippen LogP contribution in [-0.2, 0) is 4.79 Å². The van der Waals surface area contributed by atoms with Crippen molar-refractivity contribution >= 4 is 5.91 Å². The van der Waals surface area contributed by atoms with Crippen LogP contribution in [0.25, 0.3) is 0 Å². The Morgan fingerprint density at radius 2 is 1.65 bits per heavy atom. The van der Waals surface area contributed by atoms with Crippen molar-refractivity contribution < 1.29 is 31.1 Å². The van der Waals surface area contributed by atoms with Crippen molar-refractivity contribution in [3.63, 3.8) is 0 Å². The largest absolute Gasteiger partial charge is 0.409 e. The molecule has 0 spiro atoms. The third-order valence-corrected chi connectivity index (χ3v) is 1.70. The van der Waals surface area contributed by atoms with Gasteiger partial charge in [0.25, 0.3) is 0 Å². The standard InChI is InChI=1S/C8H8F6N2O/c1-4(2-3-15)16-6(17)5(7(9,10)11)8(12,13)14/h4-5H,2H2,1H3,(H,16,17). The van der Waals surface area contributed by atoms with Crippen molar-refractivity contribution in [1.82, 2.24) is 5.32 Å². The molecule has 1 N–H and O–H groups in total. The van der Waals surface area contributed by atoms with Gasteiger partial charge in [0, 0.05) is 6.04 Å². The first-order chi connectivity index (χ1) is 7.50. The Labute approximate surface area is 92.4 Å². The van der Waals surface area contributed by atoms with E-state index >= 15 is 0 Å². The number of nitrogens with zero attached hydrogens (tertiary/aromatic N) is 1. The van der Waals surface area contributed by atoms with Gasteiger partial charge in [-0.1, -0.05) is 0 Å². The maximum Gasteiger partial charge on any atom is 0.409 e. The second-order valence-electron chi connectivity index (χ2n) is 3.29. The fourth-order valence-corrected chi connectivity index (χ4v) is 0.997. The lowest BCUT2D eigenvalue weighted by atomic mass is 10.1. The lowest BCUT2D eigenvalue weighted by Crippen LogP contribution is -2.49. The fraction of sp³-hybridized carbons (Fsp3) is 0.750. The summed E-state index contributed by atoms with van der Waals surface area (Å²) in [6.07, 6.45) is -11.8. The molecule has 1 unspecified atom stereocenters. The van der Waals surface area contributed by atoms with Crippen LogP contribution in [0.4, 0.5) is 26.3 Å². The molecule has 0 aromatic rings. The summed E-state index contributed by atoms with van der Waals surface area (Å²) in [7, 11) is 0. The topological polar surface area (TPSA) is 52.9 Å². The minimum atomic E-state index is -5.71. The van der Waals surface area contributed by atoms with Gasteiger partial charge in [0.1, 0.15) is 0 Å². The zero-order chi connectivity index (χ0) is 13.9. The maximum absolute atomic E-state index is 12.1. The molecular weight excluding hydrogens is 254 g/mol. The van der Waals surface area contributed by atoms with E-state index in [9.17, 15) is 31.1 Å². The molecule has 0 radical (unpaired) electrons. The van der Waals surface area contributed by atoms with Crippen LogP contribution in [-0.4, -0.2) is 24.3 Å². The molecule has 0 aromatic heterocycles. The minimum absolute atomic E-state index is 0.381. The molecule has 1 amide bonds. The third-order valence-electron chi connectivity index (χ3n) is 1.70. The number of amides is 1. The molecule has 0 bridgehead atoms. The Morgan fingerprint density at radius 1 is 1.24 bits per heavy atom. The predicted molar refractivity (Wildman–Crippen MR) is 43.4 cm³/mol. The summed E-state index contributed by atoms with van der Waals surface area (Å²) in [6.45, 7) is 1.13. The molecule has 0 saturated heterocycles. The van der Waals surface area contributed by atoms with Gasteiger partial charge in [-0.2, -0.15) is 31.6 Å². The molecule has 0 aliphatic rings. The van der Waals surface area contributed by atoms with Crippen LogP contribution in [0, 0.1) is 17.2 Å². The maximum atomic E-state index is 12.1. The molecule has 0 aliphatic heterocycles. The van der Waals surface area contributed by atoms with E-state index in [0.29, 0.717) is 0 Å². The second-order valence-corrected chi connectivity index (χ2v) is 3.29. The molecule has 0 saturated carbocycles. The van der Waals surface area contributed by atoms with Gasteiger partial charge >= 0.3 is 12.4 Å². The molecule has 98 valence electrons. The van der Waals surface area contributed by atoms with Crippen LogP contribution in [0.1, 0.15) is 13.3 Å². The molecule has 0 heterocycles. The van der Waals surface area contributed by atoms with E-state index in [1.807, 2.05) is 0 Å². The van der Waals surface area contributed by atoms with E-state index in [2.05, 4.69) is 0 Å². The van der Waals surface area contributed by atoms with Gasteiger partial charge in [0.2, 0.25) is 11.8 Å². The van der Waals surface area contributed by atoms with Crippen LogP contribution >= 0.6 is 0 Å². The number of alkyl halides is 6. The highest BCUT2D eigenvalue weighted by atomic mass is 19.4. The molecule has 0 rings (SSSR count). The molecule has 0 aliphatic carbocycles. The Balaban J connectivity index is 4.87. The molecule has 3 nitrogen and oxygen atoms in total. The van der Waals surface area contributed by atoms with E-state index in [4.69, 9.17) is 5.26 Å². The van der Waals surface area contributed by atoms with Crippen LogP contribution in [0.5, 0.6) is 0 Å². The zero-order valence-corrected chi connectivity index (χ0v) is 8.49. The lowest BCUT2D eigenvalue weighted by Gasteiger charge is -2.23. The van der Waals surface area contributed by atoms with Crippen molar-refractivity contribution in [2.45, 2.75) is 31.7 Å². The Kier molecular flexibility index (Phi) is 4.80. The van der Waals surface area contributed by atoms with Crippen molar-refractivity contribution in [2.24, 2.45) is 5.92 Å². The lowest BCUT2D eigenvalue weighted by molar-refractivity contribution is -0.274. The molecule has 0 fully saturated rings. The smallest absolute Gasteiger partial charge is 0.352 e. The predicted octanol–water partition coefficient (Wildman–Crippen LogP) is 2.15. The van der Waals surface area contributed by atoms with E-state index in [1.54, 1.807) is 0 Å². The quantitative estimate of drug-likeness (QED) is 0.792. The number of rotatable bonds is 3. The minimum Gasteiger partial charge on any atom is -0.352 e. The van der Waals surface area contributed by atoms with E-state index in [-0.39, 0.29) is 6.42 Å². The third kappa shape index (κ3) is 4.93. The highest BCUT2D eigenvalue weighted by Crippen LogP contribution is 2.39. The fourth-order valence-electron chi connectivity index (χ4n) is 0.997. The summed E-state index contributed by atoms with van der Waals surface area (Å²) >= 11 is 0. The second kappa shape index (κ2) is 5.25. The first-order valence-corrected chi connectivity index (χ1v) is 4.31. The Morgan fingerprint density at radius 3 is 1.94 bits per heavy atom. The Bertz CT molecular complexity index is 301. The number of carbonyl (C=O) groups excluding carboxylic acids is 1. The number of hydrogen-bond donors (Lipinski definition) is 1. The van der Waals surface area contributed by atoms with Crippen LogP contribution in [0.2, 0.25) is 0 Å². The number of hydrogen-bond acceptors (Lipinski definition) is 2. The summed E-state index contributed by atoms with van der Waals surface area (Å²) in [5.41, 5.74) is 0. The van der Waals surface area contributed by atoms with E-state index in [0.717, 1.165) is 6.92 Å². The highest BCUT2D eigenvalue weighted by molar-refractivity contribution is 5.80. The zero-order valence-electron chi connectivity index (χ0n) is 8.49. The van der Waals surface area contributed by atoms with Gasteiger partial charge in [0.05, 0.1) is 12.5 Å².